The van der Waals surface area contributed by atoms with E-state index in [9.17, 15) is 9.18 Å². The van der Waals surface area contributed by atoms with E-state index in [1.54, 1.807) is 7.11 Å². The molecule has 0 saturated carbocycles. The number of methoxy groups -OCH3 is 1. The quantitative estimate of drug-likeness (QED) is 0.459. The number of benzene rings is 2. The van der Waals surface area contributed by atoms with Crippen molar-refractivity contribution in [1.29, 1.82) is 0 Å². The third kappa shape index (κ3) is 4.89. The molecule has 2 aromatic heterocycles. The predicted octanol–water partition coefficient (Wildman–Crippen LogP) is 2.82. The Hall–Kier alpha value is -4.15. The van der Waals surface area contributed by atoms with Crippen molar-refractivity contribution in [3.05, 3.63) is 60.5 Å². The number of carbonyl (C=O) groups excluding carboxylic acids is 1. The third-order valence-corrected chi connectivity index (χ3v) is 4.45. The Bertz CT molecular complexity index is 1160. The van der Waals surface area contributed by atoms with E-state index in [0.717, 1.165) is 11.3 Å². The van der Waals surface area contributed by atoms with Crippen molar-refractivity contribution in [2.24, 2.45) is 0 Å². The number of aryl methyl sites for hydroxylation is 1. The van der Waals surface area contributed by atoms with Gasteiger partial charge >= 0.3 is 0 Å². The van der Waals surface area contributed by atoms with Gasteiger partial charge < -0.3 is 14.6 Å². The maximum atomic E-state index is 14.1. The molecule has 0 saturated heterocycles. The standard InChI is InChI=1S/C20H18FN7O3/c1-30-15-8-5-13(6-9-15)20-24-19(31-25-20)4-2-3-18(29)23-17-11-14(7-10-16(17)21)28-12-22-26-27-28/h5-12H,2-4H2,1H3,(H,23,29). The van der Waals surface area contributed by atoms with Gasteiger partial charge in [0.05, 0.1) is 18.5 Å². The highest BCUT2D eigenvalue weighted by Crippen LogP contribution is 2.21. The van der Waals surface area contributed by atoms with Gasteiger partial charge in [-0.3, -0.25) is 4.79 Å². The highest BCUT2D eigenvalue weighted by molar-refractivity contribution is 5.91. The van der Waals surface area contributed by atoms with E-state index < -0.39 is 5.82 Å². The Labute approximate surface area is 176 Å². The number of carbonyl (C=O) groups is 1. The average molecular weight is 423 g/mol. The molecule has 1 amide bonds. The molecular formula is C20H18FN7O3. The van der Waals surface area contributed by atoms with Gasteiger partial charge in [-0.15, -0.1) is 5.10 Å². The Balaban J connectivity index is 1.31. The molecule has 2 aromatic carbocycles. The summed E-state index contributed by atoms with van der Waals surface area (Å²) in [7, 11) is 1.59. The number of anilines is 1. The van der Waals surface area contributed by atoms with Gasteiger partial charge in [-0.2, -0.15) is 4.98 Å². The van der Waals surface area contributed by atoms with Crippen LogP contribution in [-0.2, 0) is 11.2 Å². The molecule has 0 aliphatic heterocycles. The average Bonchev–Trinajstić information content (AvgIpc) is 3.48. The largest absolute Gasteiger partial charge is 0.497 e. The van der Waals surface area contributed by atoms with E-state index in [1.807, 2.05) is 24.3 Å². The lowest BCUT2D eigenvalue weighted by molar-refractivity contribution is -0.116. The van der Waals surface area contributed by atoms with Crippen LogP contribution in [0.25, 0.3) is 17.1 Å². The Morgan fingerprint density at radius 3 is 2.81 bits per heavy atom. The maximum Gasteiger partial charge on any atom is 0.226 e. The molecule has 2 heterocycles. The van der Waals surface area contributed by atoms with Crippen LogP contribution in [0.15, 0.2) is 53.3 Å². The Morgan fingerprint density at radius 1 is 1.23 bits per heavy atom. The first-order valence-electron chi connectivity index (χ1n) is 9.42. The molecule has 0 aliphatic rings. The number of amides is 1. The number of ether oxygens (including phenoxy) is 1. The molecule has 0 atom stereocenters. The molecule has 158 valence electrons. The van der Waals surface area contributed by atoms with E-state index in [4.69, 9.17) is 9.26 Å². The van der Waals surface area contributed by atoms with Gasteiger partial charge in [0.15, 0.2) is 0 Å². The van der Waals surface area contributed by atoms with E-state index in [2.05, 4.69) is 31.0 Å². The molecule has 4 rings (SSSR count). The zero-order valence-corrected chi connectivity index (χ0v) is 16.5. The van der Waals surface area contributed by atoms with E-state index in [1.165, 1.54) is 29.2 Å². The summed E-state index contributed by atoms with van der Waals surface area (Å²) < 4.78 is 25.8. The second-order valence-electron chi connectivity index (χ2n) is 6.56. The molecule has 0 bridgehead atoms. The van der Waals surface area contributed by atoms with E-state index >= 15 is 0 Å². The monoisotopic (exact) mass is 423 g/mol. The summed E-state index contributed by atoms with van der Waals surface area (Å²) >= 11 is 0. The van der Waals surface area contributed by atoms with Crippen LogP contribution in [0.1, 0.15) is 18.7 Å². The van der Waals surface area contributed by atoms with Crippen molar-refractivity contribution in [2.75, 3.05) is 12.4 Å². The van der Waals surface area contributed by atoms with Crippen LogP contribution in [-0.4, -0.2) is 43.4 Å². The van der Waals surface area contributed by atoms with Crippen LogP contribution < -0.4 is 10.1 Å². The first-order chi connectivity index (χ1) is 15.1. The van der Waals surface area contributed by atoms with Gasteiger partial charge in [-0.1, -0.05) is 5.16 Å². The minimum Gasteiger partial charge on any atom is -0.497 e. The van der Waals surface area contributed by atoms with Gasteiger partial charge in [-0.05, 0) is 59.3 Å². The zero-order chi connectivity index (χ0) is 21.6. The number of rotatable bonds is 8. The number of tetrazole rings is 1. The molecule has 0 radical (unpaired) electrons. The molecule has 0 aliphatic carbocycles. The van der Waals surface area contributed by atoms with Crippen LogP contribution in [0.4, 0.5) is 10.1 Å². The van der Waals surface area contributed by atoms with Crippen molar-refractivity contribution >= 4 is 11.6 Å². The summed E-state index contributed by atoms with van der Waals surface area (Å²) in [6.07, 6.45) is 2.42. The number of nitrogens with zero attached hydrogens (tertiary/aromatic N) is 6. The van der Waals surface area contributed by atoms with Crippen LogP contribution in [0.2, 0.25) is 0 Å². The van der Waals surface area contributed by atoms with Gasteiger partial charge in [0.1, 0.15) is 17.9 Å². The van der Waals surface area contributed by atoms with Crippen molar-refractivity contribution in [2.45, 2.75) is 19.3 Å². The first-order valence-corrected chi connectivity index (χ1v) is 9.42. The normalized spacial score (nSPS) is 10.8. The summed E-state index contributed by atoms with van der Waals surface area (Å²) in [6.45, 7) is 0. The van der Waals surface area contributed by atoms with Crippen molar-refractivity contribution in [3.63, 3.8) is 0 Å². The van der Waals surface area contributed by atoms with Crippen molar-refractivity contribution in [3.8, 4) is 22.8 Å². The minimum atomic E-state index is -0.550. The maximum absolute atomic E-state index is 14.1. The van der Waals surface area contributed by atoms with Gasteiger partial charge in [-0.25, -0.2) is 9.07 Å². The second-order valence-corrected chi connectivity index (χ2v) is 6.56. The molecule has 0 spiro atoms. The van der Waals surface area contributed by atoms with E-state index in [-0.39, 0.29) is 18.0 Å². The highest BCUT2D eigenvalue weighted by atomic mass is 19.1. The Kier molecular flexibility index (Phi) is 5.92. The fourth-order valence-corrected chi connectivity index (χ4v) is 2.86. The SMILES string of the molecule is COc1ccc(-c2noc(CCCC(=O)Nc3cc(-n4cnnn4)ccc3F)n2)cc1. The molecule has 11 heteroatoms. The van der Waals surface area contributed by atoms with Gasteiger partial charge in [0, 0.05) is 18.4 Å². The molecule has 1 N–H and O–H groups in total. The van der Waals surface area contributed by atoms with Crippen molar-refractivity contribution < 1.29 is 18.4 Å². The zero-order valence-electron chi connectivity index (χ0n) is 16.5. The fourth-order valence-electron chi connectivity index (χ4n) is 2.86. The van der Waals surface area contributed by atoms with Crippen LogP contribution in [0.5, 0.6) is 5.75 Å². The number of halogens is 1. The van der Waals surface area contributed by atoms with Gasteiger partial charge in [0.2, 0.25) is 17.6 Å². The number of hydrogen-bond donors (Lipinski definition) is 1. The second kappa shape index (κ2) is 9.11. The van der Waals surface area contributed by atoms with Crippen molar-refractivity contribution in [1.82, 2.24) is 30.3 Å². The lowest BCUT2D eigenvalue weighted by Gasteiger charge is -2.08. The lowest BCUT2D eigenvalue weighted by atomic mass is 10.2. The molecular weight excluding hydrogens is 405 g/mol. The molecule has 10 nitrogen and oxygen atoms in total. The summed E-state index contributed by atoms with van der Waals surface area (Å²) in [5, 5.41) is 17.3. The summed E-state index contributed by atoms with van der Waals surface area (Å²) in [5.41, 5.74) is 1.38. The Morgan fingerprint density at radius 2 is 2.06 bits per heavy atom. The summed E-state index contributed by atoms with van der Waals surface area (Å²) in [6, 6.07) is 11.5. The molecule has 31 heavy (non-hydrogen) atoms. The summed E-state index contributed by atoms with van der Waals surface area (Å²) in [4.78, 5) is 16.6. The van der Waals surface area contributed by atoms with Crippen LogP contribution in [0, 0.1) is 5.82 Å². The predicted molar refractivity (Wildman–Crippen MR) is 107 cm³/mol. The molecule has 0 fully saturated rings. The smallest absolute Gasteiger partial charge is 0.226 e. The molecule has 4 aromatic rings. The summed E-state index contributed by atoms with van der Waals surface area (Å²) in [5.74, 6) is 0.737. The van der Waals surface area contributed by atoms with E-state index in [0.29, 0.717) is 30.2 Å². The van der Waals surface area contributed by atoms with Crippen LogP contribution in [0.3, 0.4) is 0 Å². The third-order valence-electron chi connectivity index (χ3n) is 4.45. The highest BCUT2D eigenvalue weighted by Gasteiger charge is 2.12. The number of hydrogen-bond acceptors (Lipinski definition) is 8. The minimum absolute atomic E-state index is 0.0533. The fraction of sp³-hybridized carbons (Fsp3) is 0.200. The number of nitrogens with one attached hydrogen (secondary N) is 1. The van der Waals surface area contributed by atoms with Crippen LogP contribution >= 0.6 is 0 Å². The topological polar surface area (TPSA) is 121 Å². The molecule has 0 unspecified atom stereocenters. The van der Waals surface area contributed by atoms with Gasteiger partial charge in [0.25, 0.3) is 0 Å². The lowest BCUT2D eigenvalue weighted by Crippen LogP contribution is -2.13. The number of aromatic nitrogens is 6. The first kappa shape index (κ1) is 20.1.